The maximum atomic E-state index is 12.7. The average molecular weight is 469 g/mol. The van der Waals surface area contributed by atoms with E-state index in [4.69, 9.17) is 9.72 Å². The third-order valence-corrected chi connectivity index (χ3v) is 7.94. The molecule has 0 saturated carbocycles. The van der Waals surface area contributed by atoms with Gasteiger partial charge in [0.1, 0.15) is 5.00 Å². The molecule has 0 fully saturated rings. The average Bonchev–Trinajstić information content (AvgIpc) is 3.11. The van der Waals surface area contributed by atoms with E-state index in [2.05, 4.69) is 44.3 Å². The second kappa shape index (κ2) is 9.63. The lowest BCUT2D eigenvalue weighted by Crippen LogP contribution is -2.15. The number of hydrogen-bond acceptors (Lipinski definition) is 6. The zero-order valence-corrected chi connectivity index (χ0v) is 20.6. The van der Waals surface area contributed by atoms with Crippen molar-refractivity contribution in [3.8, 4) is 0 Å². The third kappa shape index (κ3) is 4.69. The van der Waals surface area contributed by atoms with Crippen molar-refractivity contribution in [3.05, 3.63) is 50.9 Å². The molecule has 0 aliphatic heterocycles. The third-order valence-electron chi connectivity index (χ3n) is 5.82. The van der Waals surface area contributed by atoms with Gasteiger partial charge in [0.2, 0.25) is 5.91 Å². The molecule has 32 heavy (non-hydrogen) atoms. The molecule has 4 rings (SSSR count). The number of aromatic nitrogens is 1. The summed E-state index contributed by atoms with van der Waals surface area (Å²) in [5.74, 6) is 0.161. The number of aryl methyl sites for hydroxylation is 4. The number of rotatable bonds is 6. The summed E-state index contributed by atoms with van der Waals surface area (Å²) in [6, 6.07) is 6.41. The lowest BCUT2D eigenvalue weighted by atomic mass is 9.95. The van der Waals surface area contributed by atoms with Gasteiger partial charge in [-0.25, -0.2) is 9.78 Å². The van der Waals surface area contributed by atoms with E-state index in [0.717, 1.165) is 41.8 Å². The molecule has 2 aromatic heterocycles. The van der Waals surface area contributed by atoms with Crippen molar-refractivity contribution in [2.75, 3.05) is 18.2 Å². The van der Waals surface area contributed by atoms with E-state index < -0.39 is 0 Å². The van der Waals surface area contributed by atoms with Crippen molar-refractivity contribution in [3.63, 3.8) is 0 Å². The van der Waals surface area contributed by atoms with Gasteiger partial charge in [0, 0.05) is 22.4 Å². The number of carbonyl (C=O) groups is 2. The molecule has 1 N–H and O–H groups in total. The molecule has 0 spiro atoms. The van der Waals surface area contributed by atoms with E-state index >= 15 is 0 Å². The number of nitrogens with one attached hydrogen (secondary N) is 1. The minimum atomic E-state index is -0.365. The predicted molar refractivity (Wildman–Crippen MR) is 132 cm³/mol. The molecule has 1 aliphatic rings. The minimum absolute atomic E-state index is 0.0921. The standard InChI is InChI=1S/C25H28N2O3S2/c1-14-11-16(3)23-18(12-14)15(2)13-21(27-23)31-10-9-20(28)26-24-22(25(29)30-4)17-7-5-6-8-19(17)32-24/h11-13H,5-10H2,1-4H3,(H,26,28). The van der Waals surface area contributed by atoms with E-state index in [1.165, 1.54) is 45.4 Å². The first-order valence-electron chi connectivity index (χ1n) is 10.9. The van der Waals surface area contributed by atoms with Crippen molar-refractivity contribution in [2.45, 2.75) is 57.9 Å². The molecule has 3 aromatic rings. The fourth-order valence-corrected chi connectivity index (χ4v) is 6.50. The van der Waals surface area contributed by atoms with Crippen LogP contribution in [0.5, 0.6) is 0 Å². The Morgan fingerprint density at radius 1 is 1.12 bits per heavy atom. The number of pyridine rings is 1. The molecule has 0 saturated heterocycles. The highest BCUT2D eigenvalue weighted by atomic mass is 32.2. The molecule has 7 heteroatoms. The van der Waals surface area contributed by atoms with Crippen molar-refractivity contribution >= 4 is 50.9 Å². The molecule has 0 unspecified atom stereocenters. The van der Waals surface area contributed by atoms with Crippen LogP contribution < -0.4 is 5.32 Å². The number of fused-ring (bicyclic) bond motifs is 2. The Labute approximate surface area is 197 Å². The number of amides is 1. The maximum Gasteiger partial charge on any atom is 0.341 e. The SMILES string of the molecule is COC(=O)c1c(NC(=O)CCSc2cc(C)c3cc(C)cc(C)c3n2)sc2c1CCCC2. The van der Waals surface area contributed by atoms with Crippen LogP contribution in [0.4, 0.5) is 5.00 Å². The Balaban J connectivity index is 1.43. The zero-order chi connectivity index (χ0) is 22.8. The molecule has 0 atom stereocenters. The van der Waals surface area contributed by atoms with Gasteiger partial charge >= 0.3 is 5.97 Å². The quantitative estimate of drug-likeness (QED) is 0.354. The lowest BCUT2D eigenvalue weighted by Gasteiger charge is -2.12. The molecule has 5 nitrogen and oxygen atoms in total. The number of thiophene rings is 1. The Kier molecular flexibility index (Phi) is 6.86. The second-order valence-electron chi connectivity index (χ2n) is 8.31. The van der Waals surface area contributed by atoms with Crippen molar-refractivity contribution in [2.24, 2.45) is 0 Å². The number of benzene rings is 1. The second-order valence-corrected chi connectivity index (χ2v) is 10.5. The van der Waals surface area contributed by atoms with Crippen LogP contribution in [0.15, 0.2) is 23.2 Å². The minimum Gasteiger partial charge on any atom is -0.465 e. The molecule has 168 valence electrons. The van der Waals surface area contributed by atoms with Gasteiger partial charge in [-0.05, 0) is 75.3 Å². The van der Waals surface area contributed by atoms with Crippen molar-refractivity contribution in [1.82, 2.24) is 4.98 Å². The van der Waals surface area contributed by atoms with E-state index in [-0.39, 0.29) is 11.9 Å². The first-order valence-corrected chi connectivity index (χ1v) is 12.7. The summed E-state index contributed by atoms with van der Waals surface area (Å²) >= 11 is 3.10. The summed E-state index contributed by atoms with van der Waals surface area (Å²) in [6.07, 6.45) is 4.36. The van der Waals surface area contributed by atoms with Crippen molar-refractivity contribution < 1.29 is 14.3 Å². The van der Waals surface area contributed by atoms with E-state index in [1.54, 1.807) is 11.8 Å². The smallest absolute Gasteiger partial charge is 0.341 e. The van der Waals surface area contributed by atoms with Crippen LogP contribution in [0.2, 0.25) is 0 Å². The molecule has 0 bridgehead atoms. The summed E-state index contributed by atoms with van der Waals surface area (Å²) in [5.41, 5.74) is 6.22. The summed E-state index contributed by atoms with van der Waals surface area (Å²) in [6.45, 7) is 6.29. The van der Waals surface area contributed by atoms with Gasteiger partial charge in [-0.1, -0.05) is 11.6 Å². The number of ether oxygens (including phenoxy) is 1. The number of methoxy groups -OCH3 is 1. The Bertz CT molecular complexity index is 1200. The van der Waals surface area contributed by atoms with Crippen LogP contribution in [0, 0.1) is 20.8 Å². The van der Waals surface area contributed by atoms with E-state index in [9.17, 15) is 9.59 Å². The van der Waals surface area contributed by atoms with Crippen LogP contribution in [0.1, 0.15) is 56.8 Å². The molecule has 2 heterocycles. The van der Waals surface area contributed by atoms with Crippen LogP contribution >= 0.6 is 23.1 Å². The number of anilines is 1. The van der Waals surface area contributed by atoms with Crippen LogP contribution in [-0.4, -0.2) is 29.7 Å². The molecule has 0 radical (unpaired) electrons. The summed E-state index contributed by atoms with van der Waals surface area (Å²) in [7, 11) is 1.39. The highest BCUT2D eigenvalue weighted by Crippen LogP contribution is 2.38. The van der Waals surface area contributed by atoms with E-state index in [0.29, 0.717) is 22.7 Å². The number of carbonyl (C=O) groups excluding carboxylic acids is 2. The van der Waals surface area contributed by atoms with Gasteiger partial charge in [0.15, 0.2) is 0 Å². The van der Waals surface area contributed by atoms with Crippen LogP contribution in [0.3, 0.4) is 0 Å². The Hall–Kier alpha value is -2.38. The fourth-order valence-electron chi connectivity index (χ4n) is 4.30. The van der Waals surface area contributed by atoms with Crippen LogP contribution in [0.25, 0.3) is 10.9 Å². The van der Waals surface area contributed by atoms with Gasteiger partial charge in [0.05, 0.1) is 23.2 Å². The fraction of sp³-hybridized carbons (Fsp3) is 0.400. The Morgan fingerprint density at radius 3 is 2.69 bits per heavy atom. The van der Waals surface area contributed by atoms with E-state index in [1.807, 2.05) is 0 Å². The molecular formula is C25H28N2O3S2. The number of hydrogen-bond donors (Lipinski definition) is 1. The summed E-state index contributed by atoms with van der Waals surface area (Å²) < 4.78 is 4.99. The summed E-state index contributed by atoms with van der Waals surface area (Å²) in [4.78, 5) is 31.0. The number of esters is 1. The maximum absolute atomic E-state index is 12.7. The molecular weight excluding hydrogens is 440 g/mol. The van der Waals surface area contributed by atoms with Gasteiger partial charge in [0.25, 0.3) is 0 Å². The Morgan fingerprint density at radius 2 is 1.91 bits per heavy atom. The highest BCUT2D eigenvalue weighted by Gasteiger charge is 2.26. The molecule has 1 aliphatic carbocycles. The van der Waals surface area contributed by atoms with Crippen molar-refractivity contribution in [1.29, 1.82) is 0 Å². The number of nitrogens with zero attached hydrogens (tertiary/aromatic N) is 1. The van der Waals surface area contributed by atoms with Gasteiger partial charge in [-0.15, -0.1) is 23.1 Å². The van der Waals surface area contributed by atoms with Gasteiger partial charge in [-0.3, -0.25) is 4.79 Å². The largest absolute Gasteiger partial charge is 0.465 e. The predicted octanol–water partition coefficient (Wildman–Crippen LogP) is 6.01. The summed E-state index contributed by atoms with van der Waals surface area (Å²) in [5, 5.41) is 5.71. The topological polar surface area (TPSA) is 68.3 Å². The molecule has 1 amide bonds. The normalized spacial score (nSPS) is 13.1. The van der Waals surface area contributed by atoms with Crippen LogP contribution in [-0.2, 0) is 22.4 Å². The highest BCUT2D eigenvalue weighted by molar-refractivity contribution is 7.99. The first-order chi connectivity index (χ1) is 15.4. The monoisotopic (exact) mass is 468 g/mol. The number of thioether (sulfide) groups is 1. The first kappa shape index (κ1) is 22.8. The zero-order valence-electron chi connectivity index (χ0n) is 19.0. The lowest BCUT2D eigenvalue weighted by molar-refractivity contribution is -0.115. The van der Waals surface area contributed by atoms with Gasteiger partial charge in [-0.2, -0.15) is 0 Å². The van der Waals surface area contributed by atoms with Gasteiger partial charge < -0.3 is 10.1 Å². The molecule has 1 aromatic carbocycles.